The van der Waals surface area contributed by atoms with Crippen LogP contribution in [0.4, 0.5) is 10.1 Å². The molecule has 2 aromatic heterocycles. The van der Waals surface area contributed by atoms with Crippen molar-refractivity contribution in [2.45, 2.75) is 0 Å². The van der Waals surface area contributed by atoms with Gasteiger partial charge in [0.1, 0.15) is 5.52 Å². The van der Waals surface area contributed by atoms with Crippen molar-refractivity contribution in [3.63, 3.8) is 0 Å². The number of imidazole rings is 1. The zero-order valence-corrected chi connectivity index (χ0v) is 14.3. The van der Waals surface area contributed by atoms with Crippen LogP contribution in [0.5, 0.6) is 0 Å². The Labute approximate surface area is 150 Å². The van der Waals surface area contributed by atoms with Gasteiger partial charge in [-0.25, -0.2) is 4.98 Å². The van der Waals surface area contributed by atoms with Gasteiger partial charge in [0.2, 0.25) is 0 Å². The molecule has 124 valence electrons. The summed E-state index contributed by atoms with van der Waals surface area (Å²) in [5.41, 5.74) is 2.24. The molecule has 2 aromatic carbocycles. The van der Waals surface area contributed by atoms with Crippen LogP contribution >= 0.6 is 15.9 Å². The number of amides is 1. The summed E-state index contributed by atoms with van der Waals surface area (Å²) in [6.45, 7) is 0. The zero-order chi connectivity index (χ0) is 17.4. The van der Waals surface area contributed by atoms with Crippen molar-refractivity contribution in [1.29, 1.82) is 0 Å². The predicted octanol–water partition coefficient (Wildman–Crippen LogP) is 4.98. The number of nitrogens with one attached hydrogen (secondary N) is 2. The number of H-pyrrole nitrogens is 1. The topological polar surface area (TPSA) is 70.9 Å². The highest BCUT2D eigenvalue weighted by atomic mass is 79.9. The SMILES string of the molecule is O=C(Nc1ccc(Br)cc1)c1cccc2[nH]c(-c3ccc(F)o3)nc12. The Morgan fingerprint density at radius 2 is 1.92 bits per heavy atom. The van der Waals surface area contributed by atoms with Crippen molar-refractivity contribution < 1.29 is 13.6 Å². The van der Waals surface area contributed by atoms with Crippen molar-refractivity contribution >= 4 is 38.6 Å². The summed E-state index contributed by atoms with van der Waals surface area (Å²) in [7, 11) is 0. The van der Waals surface area contributed by atoms with Crippen molar-refractivity contribution in [2.75, 3.05) is 5.32 Å². The molecule has 0 unspecified atom stereocenters. The van der Waals surface area contributed by atoms with Crippen molar-refractivity contribution in [3.05, 3.63) is 70.6 Å². The summed E-state index contributed by atoms with van der Waals surface area (Å²) < 4.78 is 18.9. The molecule has 0 saturated carbocycles. The molecule has 2 N–H and O–H groups in total. The van der Waals surface area contributed by atoms with E-state index in [2.05, 4.69) is 31.2 Å². The molecule has 5 nitrogen and oxygen atoms in total. The van der Waals surface area contributed by atoms with Crippen LogP contribution in [0.3, 0.4) is 0 Å². The van der Waals surface area contributed by atoms with E-state index in [-0.39, 0.29) is 11.7 Å². The quantitative estimate of drug-likeness (QED) is 0.510. The second-order valence-corrected chi connectivity index (χ2v) is 6.27. The first-order valence-electron chi connectivity index (χ1n) is 7.41. The number of para-hydroxylation sites is 1. The molecule has 0 bridgehead atoms. The number of fused-ring (bicyclic) bond motifs is 1. The van der Waals surface area contributed by atoms with E-state index in [4.69, 9.17) is 4.42 Å². The molecular formula is C18H11BrFN3O2. The first-order chi connectivity index (χ1) is 12.1. The van der Waals surface area contributed by atoms with Crippen molar-refractivity contribution in [1.82, 2.24) is 9.97 Å². The second kappa shape index (κ2) is 6.18. The molecule has 0 spiro atoms. The largest absolute Gasteiger partial charge is 0.428 e. The maximum Gasteiger partial charge on any atom is 0.278 e. The van der Waals surface area contributed by atoms with E-state index < -0.39 is 6.01 Å². The summed E-state index contributed by atoms with van der Waals surface area (Å²) in [5, 5.41) is 2.83. The fraction of sp³-hybridized carbons (Fsp3) is 0. The van der Waals surface area contributed by atoms with Gasteiger partial charge in [-0.15, -0.1) is 0 Å². The number of halogens is 2. The van der Waals surface area contributed by atoms with E-state index in [0.717, 1.165) is 4.47 Å². The molecule has 25 heavy (non-hydrogen) atoms. The maximum atomic E-state index is 13.1. The van der Waals surface area contributed by atoms with Gasteiger partial charge in [-0.2, -0.15) is 4.39 Å². The fourth-order valence-electron chi connectivity index (χ4n) is 2.51. The van der Waals surface area contributed by atoms with Gasteiger partial charge < -0.3 is 14.7 Å². The van der Waals surface area contributed by atoms with Gasteiger partial charge in [-0.05, 0) is 42.5 Å². The maximum absolute atomic E-state index is 13.1. The monoisotopic (exact) mass is 399 g/mol. The minimum Gasteiger partial charge on any atom is -0.428 e. The molecular weight excluding hydrogens is 389 g/mol. The van der Waals surface area contributed by atoms with Gasteiger partial charge in [0, 0.05) is 16.2 Å². The number of carbonyl (C=O) groups is 1. The summed E-state index contributed by atoms with van der Waals surface area (Å²) in [5.74, 6) is 0.354. The molecule has 4 aromatic rings. The van der Waals surface area contributed by atoms with E-state index in [1.165, 1.54) is 12.1 Å². The number of anilines is 1. The first-order valence-corrected chi connectivity index (χ1v) is 8.21. The molecule has 0 saturated heterocycles. The third-order valence-corrected chi connectivity index (χ3v) is 4.19. The number of aromatic amines is 1. The zero-order valence-electron chi connectivity index (χ0n) is 12.7. The molecule has 0 aliphatic rings. The summed E-state index contributed by atoms with van der Waals surface area (Å²) >= 11 is 3.35. The third-order valence-electron chi connectivity index (χ3n) is 3.67. The molecule has 0 radical (unpaired) electrons. The highest BCUT2D eigenvalue weighted by molar-refractivity contribution is 9.10. The number of benzene rings is 2. The summed E-state index contributed by atoms with van der Waals surface area (Å²) in [6.07, 6.45) is 0. The second-order valence-electron chi connectivity index (χ2n) is 5.35. The fourth-order valence-corrected chi connectivity index (χ4v) is 2.77. The molecule has 0 aliphatic carbocycles. The van der Waals surface area contributed by atoms with Crippen molar-refractivity contribution in [3.8, 4) is 11.6 Å². The van der Waals surface area contributed by atoms with E-state index in [1.54, 1.807) is 30.3 Å². The Morgan fingerprint density at radius 1 is 1.12 bits per heavy atom. The molecule has 7 heteroatoms. The van der Waals surface area contributed by atoms with E-state index in [1.807, 2.05) is 12.1 Å². The van der Waals surface area contributed by atoms with Crippen LogP contribution < -0.4 is 5.32 Å². The lowest BCUT2D eigenvalue weighted by atomic mass is 10.1. The average molecular weight is 400 g/mol. The van der Waals surface area contributed by atoms with E-state index in [9.17, 15) is 9.18 Å². The van der Waals surface area contributed by atoms with Crippen LogP contribution in [0, 0.1) is 6.01 Å². The van der Waals surface area contributed by atoms with Gasteiger partial charge in [0.15, 0.2) is 11.6 Å². The molecule has 1 amide bonds. The number of rotatable bonds is 3. The lowest BCUT2D eigenvalue weighted by molar-refractivity contribution is 0.102. The number of aromatic nitrogens is 2. The summed E-state index contributed by atoms with van der Waals surface area (Å²) in [6, 6.07) is 14.5. The molecule has 0 atom stereocenters. The van der Waals surface area contributed by atoms with E-state index >= 15 is 0 Å². The number of furan rings is 1. The molecule has 4 rings (SSSR count). The molecule has 0 aliphatic heterocycles. The van der Waals surface area contributed by atoms with E-state index in [0.29, 0.717) is 28.1 Å². The Balaban J connectivity index is 1.70. The van der Waals surface area contributed by atoms with Crippen molar-refractivity contribution in [2.24, 2.45) is 0 Å². The predicted molar refractivity (Wildman–Crippen MR) is 95.8 cm³/mol. The van der Waals surface area contributed by atoms with Crippen LogP contribution in [0.1, 0.15) is 10.4 Å². The average Bonchev–Trinajstić information content (AvgIpc) is 3.22. The Hall–Kier alpha value is -2.93. The van der Waals surface area contributed by atoms with Gasteiger partial charge in [0.05, 0.1) is 11.1 Å². The Kier molecular flexibility index (Phi) is 3.85. The minimum atomic E-state index is -0.691. The number of hydrogen-bond acceptors (Lipinski definition) is 3. The Bertz CT molecular complexity index is 1070. The van der Waals surface area contributed by atoms with Gasteiger partial charge in [-0.1, -0.05) is 22.0 Å². The number of carbonyl (C=O) groups excluding carboxylic acids is 1. The Morgan fingerprint density at radius 3 is 2.64 bits per heavy atom. The van der Waals surface area contributed by atoms with Crippen LogP contribution in [0.2, 0.25) is 0 Å². The third kappa shape index (κ3) is 3.06. The lowest BCUT2D eigenvalue weighted by Crippen LogP contribution is -2.12. The van der Waals surface area contributed by atoms with Gasteiger partial charge in [0.25, 0.3) is 11.9 Å². The summed E-state index contributed by atoms with van der Waals surface area (Å²) in [4.78, 5) is 20.0. The molecule has 2 heterocycles. The number of hydrogen-bond donors (Lipinski definition) is 2. The minimum absolute atomic E-state index is 0.271. The standard InChI is InChI=1S/C18H11BrFN3O2/c19-10-4-6-11(7-5-10)21-18(24)12-2-1-3-13-16(12)23-17(22-13)14-8-9-15(20)25-14/h1-9H,(H,21,24)(H,22,23). The van der Waals surface area contributed by atoms with Gasteiger partial charge >= 0.3 is 0 Å². The van der Waals surface area contributed by atoms with Crippen LogP contribution in [-0.4, -0.2) is 15.9 Å². The smallest absolute Gasteiger partial charge is 0.278 e. The highest BCUT2D eigenvalue weighted by Crippen LogP contribution is 2.25. The van der Waals surface area contributed by atoms with Gasteiger partial charge in [-0.3, -0.25) is 4.79 Å². The van der Waals surface area contributed by atoms with Crippen LogP contribution in [0.25, 0.3) is 22.6 Å². The highest BCUT2D eigenvalue weighted by Gasteiger charge is 2.16. The normalized spacial score (nSPS) is 11.0. The first kappa shape index (κ1) is 15.6. The van der Waals surface area contributed by atoms with Crippen LogP contribution in [-0.2, 0) is 0 Å². The number of nitrogens with zero attached hydrogens (tertiary/aromatic N) is 1. The molecule has 0 fully saturated rings. The lowest BCUT2D eigenvalue weighted by Gasteiger charge is -2.05. The van der Waals surface area contributed by atoms with Crippen LogP contribution in [0.15, 0.2) is 63.5 Å².